The molecule has 0 bridgehead atoms. The molecule has 122 valence electrons. The summed E-state index contributed by atoms with van der Waals surface area (Å²) in [6, 6.07) is 11.8. The van der Waals surface area contributed by atoms with Gasteiger partial charge in [-0.2, -0.15) is 5.10 Å². The fourth-order valence-corrected chi connectivity index (χ4v) is 3.00. The number of imidazole rings is 1. The van der Waals surface area contributed by atoms with Crippen LogP contribution in [-0.2, 0) is 18.5 Å². The lowest BCUT2D eigenvalue weighted by molar-refractivity contribution is 0.0744. The summed E-state index contributed by atoms with van der Waals surface area (Å²) in [5.74, 6) is -0.0425. The number of hydrogen-bond acceptors (Lipinski definition) is 3. The number of hydrogen-bond donors (Lipinski definition) is 0. The fourth-order valence-electron chi connectivity index (χ4n) is 3.00. The quantitative estimate of drug-likeness (QED) is 0.692. The Balaban J connectivity index is 1.64. The summed E-state index contributed by atoms with van der Waals surface area (Å²) in [4.78, 5) is 19.2. The lowest BCUT2D eigenvalue weighted by Gasteiger charge is -2.14. The molecule has 0 spiro atoms. The van der Waals surface area contributed by atoms with E-state index in [1.54, 1.807) is 10.6 Å². The van der Waals surface area contributed by atoms with E-state index >= 15 is 0 Å². The van der Waals surface area contributed by atoms with Crippen LogP contribution in [0, 0.1) is 0 Å². The Morgan fingerprint density at radius 3 is 2.33 bits per heavy atom. The minimum absolute atomic E-state index is 0.0425. The van der Waals surface area contributed by atoms with Gasteiger partial charge >= 0.3 is 0 Å². The van der Waals surface area contributed by atoms with Crippen LogP contribution in [0.3, 0.4) is 0 Å². The van der Waals surface area contributed by atoms with Crippen LogP contribution in [-0.4, -0.2) is 25.4 Å². The molecule has 0 saturated heterocycles. The molecule has 0 unspecified atom stereocenters. The van der Waals surface area contributed by atoms with Gasteiger partial charge in [-0.05, 0) is 23.3 Å². The van der Waals surface area contributed by atoms with Crippen LogP contribution < -0.4 is 0 Å². The highest BCUT2D eigenvalue weighted by Crippen LogP contribution is 2.24. The molecule has 1 aliphatic heterocycles. The summed E-state index contributed by atoms with van der Waals surface area (Å²) in [5.41, 5.74) is 4.56. The maximum Gasteiger partial charge on any atom is 0.274 e. The van der Waals surface area contributed by atoms with Crippen LogP contribution >= 0.6 is 0 Å². The van der Waals surface area contributed by atoms with Crippen molar-refractivity contribution in [2.45, 2.75) is 39.3 Å². The van der Waals surface area contributed by atoms with Gasteiger partial charge in [-0.25, -0.2) is 9.50 Å². The molecular weight excluding hydrogens is 300 g/mol. The Morgan fingerprint density at radius 1 is 1.04 bits per heavy atom. The number of aromatic nitrogens is 3. The Hall–Kier alpha value is -2.69. The van der Waals surface area contributed by atoms with Crippen molar-refractivity contribution in [1.29, 1.82) is 0 Å². The first kappa shape index (κ1) is 14.9. The van der Waals surface area contributed by atoms with Crippen molar-refractivity contribution in [3.63, 3.8) is 0 Å². The van der Waals surface area contributed by atoms with Gasteiger partial charge in [-0.3, -0.25) is 4.79 Å². The Bertz CT molecular complexity index is 911. The molecule has 2 aromatic heterocycles. The average Bonchev–Trinajstić information content (AvgIpc) is 3.16. The van der Waals surface area contributed by atoms with Crippen LogP contribution in [0.2, 0.25) is 0 Å². The summed E-state index contributed by atoms with van der Waals surface area (Å²) < 4.78 is 1.71. The van der Waals surface area contributed by atoms with E-state index in [0.29, 0.717) is 18.8 Å². The Morgan fingerprint density at radius 2 is 1.71 bits per heavy atom. The molecule has 1 aromatic carbocycles. The number of benzene rings is 1. The molecule has 0 atom stereocenters. The number of amides is 1. The molecule has 1 aliphatic rings. The van der Waals surface area contributed by atoms with Gasteiger partial charge in [0.2, 0.25) is 0 Å². The molecular formula is C19H20N4O. The minimum atomic E-state index is -0.0472. The molecule has 0 fully saturated rings. The molecule has 5 heteroatoms. The van der Waals surface area contributed by atoms with Crippen molar-refractivity contribution in [2.24, 2.45) is 0 Å². The smallest absolute Gasteiger partial charge is 0.274 e. The topological polar surface area (TPSA) is 50.5 Å². The van der Waals surface area contributed by atoms with Gasteiger partial charge in [0.05, 0.1) is 11.9 Å². The summed E-state index contributed by atoms with van der Waals surface area (Å²) in [5, 5.41) is 4.48. The lowest BCUT2D eigenvalue weighted by atomic mass is 9.93. The molecule has 3 aromatic rings. The van der Waals surface area contributed by atoms with Crippen LogP contribution in [0.4, 0.5) is 0 Å². The normalized spacial score (nSPS) is 14.2. The van der Waals surface area contributed by atoms with Crippen LogP contribution in [0.1, 0.15) is 48.1 Å². The lowest BCUT2D eigenvalue weighted by Crippen LogP contribution is -2.26. The van der Waals surface area contributed by atoms with Crippen LogP contribution in [0.25, 0.3) is 5.65 Å². The largest absolute Gasteiger partial charge is 0.329 e. The van der Waals surface area contributed by atoms with E-state index < -0.39 is 0 Å². The number of fused-ring (bicyclic) bond motifs is 2. The number of carbonyl (C=O) groups is 1. The van der Waals surface area contributed by atoms with Crippen molar-refractivity contribution in [3.8, 4) is 0 Å². The third kappa shape index (κ3) is 2.46. The summed E-state index contributed by atoms with van der Waals surface area (Å²) >= 11 is 0. The Labute approximate surface area is 140 Å². The summed E-state index contributed by atoms with van der Waals surface area (Å²) in [6.45, 7) is 7.63. The maximum atomic E-state index is 12.8. The highest BCUT2D eigenvalue weighted by Gasteiger charge is 2.25. The number of rotatable bonds is 1. The second kappa shape index (κ2) is 5.16. The van der Waals surface area contributed by atoms with Gasteiger partial charge in [-0.15, -0.1) is 0 Å². The SMILES string of the molecule is CC(C)(C)c1cn2nc(C(=O)N3Cc4ccccc4C3)ccc2n1. The third-order valence-electron chi connectivity index (χ3n) is 4.44. The van der Waals surface area contributed by atoms with Crippen molar-refractivity contribution in [2.75, 3.05) is 0 Å². The van der Waals surface area contributed by atoms with Crippen LogP contribution in [0.5, 0.6) is 0 Å². The summed E-state index contributed by atoms with van der Waals surface area (Å²) in [7, 11) is 0. The first-order valence-electron chi connectivity index (χ1n) is 8.15. The first-order chi connectivity index (χ1) is 11.4. The van der Waals surface area contributed by atoms with Gasteiger partial charge in [0.15, 0.2) is 5.65 Å². The Kier molecular flexibility index (Phi) is 3.20. The highest BCUT2D eigenvalue weighted by molar-refractivity contribution is 5.92. The predicted molar refractivity (Wildman–Crippen MR) is 91.7 cm³/mol. The first-order valence-corrected chi connectivity index (χ1v) is 8.15. The van der Waals surface area contributed by atoms with E-state index in [1.165, 1.54) is 11.1 Å². The second-order valence-corrected chi connectivity index (χ2v) is 7.33. The van der Waals surface area contributed by atoms with Gasteiger partial charge in [0.1, 0.15) is 5.69 Å². The molecule has 0 aliphatic carbocycles. The minimum Gasteiger partial charge on any atom is -0.329 e. The number of nitrogens with zero attached hydrogens (tertiary/aromatic N) is 4. The van der Waals surface area contributed by atoms with E-state index in [-0.39, 0.29) is 11.3 Å². The predicted octanol–water partition coefficient (Wildman–Crippen LogP) is 3.18. The molecule has 0 N–H and O–H groups in total. The van der Waals surface area contributed by atoms with Crippen molar-refractivity contribution in [1.82, 2.24) is 19.5 Å². The van der Waals surface area contributed by atoms with E-state index in [2.05, 4.69) is 43.0 Å². The molecule has 0 saturated carbocycles. The molecule has 0 radical (unpaired) electrons. The van der Waals surface area contributed by atoms with E-state index in [0.717, 1.165) is 11.3 Å². The zero-order valence-corrected chi connectivity index (χ0v) is 14.2. The van der Waals surface area contributed by atoms with Gasteiger partial charge in [0, 0.05) is 18.5 Å². The second-order valence-electron chi connectivity index (χ2n) is 7.33. The standard InChI is InChI=1S/C19H20N4O/c1-19(2,3)16-12-23-17(20-16)9-8-15(21-23)18(24)22-10-13-6-4-5-7-14(13)11-22/h4-9,12H,10-11H2,1-3H3. The van der Waals surface area contributed by atoms with E-state index in [1.807, 2.05) is 29.3 Å². The van der Waals surface area contributed by atoms with Gasteiger partial charge in [-0.1, -0.05) is 45.0 Å². The fraction of sp³-hybridized carbons (Fsp3) is 0.316. The highest BCUT2D eigenvalue weighted by atomic mass is 16.2. The van der Waals surface area contributed by atoms with Crippen molar-refractivity contribution < 1.29 is 4.79 Å². The molecule has 24 heavy (non-hydrogen) atoms. The van der Waals surface area contributed by atoms with Gasteiger partial charge in [0.25, 0.3) is 5.91 Å². The van der Waals surface area contributed by atoms with Crippen molar-refractivity contribution in [3.05, 3.63) is 65.1 Å². The zero-order chi connectivity index (χ0) is 16.9. The monoisotopic (exact) mass is 320 g/mol. The summed E-state index contributed by atoms with van der Waals surface area (Å²) in [6.07, 6.45) is 1.91. The molecule has 3 heterocycles. The van der Waals surface area contributed by atoms with Gasteiger partial charge < -0.3 is 4.90 Å². The van der Waals surface area contributed by atoms with Crippen LogP contribution in [0.15, 0.2) is 42.6 Å². The molecule has 1 amide bonds. The number of carbonyl (C=O) groups excluding carboxylic acids is 1. The maximum absolute atomic E-state index is 12.8. The van der Waals surface area contributed by atoms with Crippen molar-refractivity contribution >= 4 is 11.6 Å². The van der Waals surface area contributed by atoms with E-state index in [9.17, 15) is 4.79 Å². The molecule has 4 rings (SSSR count). The van der Waals surface area contributed by atoms with E-state index in [4.69, 9.17) is 0 Å². The average molecular weight is 320 g/mol. The molecule has 5 nitrogen and oxygen atoms in total. The zero-order valence-electron chi connectivity index (χ0n) is 14.2. The third-order valence-corrected chi connectivity index (χ3v) is 4.44.